The van der Waals surface area contributed by atoms with Gasteiger partial charge in [0.1, 0.15) is 0 Å². The maximum Gasteiger partial charge on any atom is 0.310 e. The van der Waals surface area contributed by atoms with Crippen molar-refractivity contribution in [2.45, 2.75) is 12.8 Å². The van der Waals surface area contributed by atoms with Crippen LogP contribution in [0.5, 0.6) is 0 Å². The van der Waals surface area contributed by atoms with Gasteiger partial charge in [0.2, 0.25) is 0 Å². The monoisotopic (exact) mass is 231 g/mol. The van der Waals surface area contributed by atoms with E-state index in [0.29, 0.717) is 0 Å². The molecule has 3 heteroatoms. The van der Waals surface area contributed by atoms with Gasteiger partial charge < -0.3 is 10.1 Å². The highest BCUT2D eigenvalue weighted by molar-refractivity contribution is 5.74. The summed E-state index contributed by atoms with van der Waals surface area (Å²) in [6.07, 6.45) is 1.99. The zero-order valence-corrected chi connectivity index (χ0v) is 10.0. The molecule has 1 saturated heterocycles. The Morgan fingerprint density at radius 2 is 2.00 bits per heavy atom. The summed E-state index contributed by atoms with van der Waals surface area (Å²) < 4.78 is 4.94. The molecular weight excluding hydrogens is 214 g/mol. The summed E-state index contributed by atoms with van der Waals surface area (Å²) in [6.45, 7) is 1.67. The molecule has 0 bridgehead atoms. The first-order valence-electron chi connectivity index (χ1n) is 6.10. The number of methoxy groups -OCH3 is 1. The van der Waals surface area contributed by atoms with Crippen molar-refractivity contribution in [3.8, 4) is 0 Å². The number of benzene rings is 1. The molecule has 1 aromatic carbocycles. The van der Waals surface area contributed by atoms with Crippen molar-refractivity contribution in [1.29, 1.82) is 0 Å². The van der Waals surface area contributed by atoms with Gasteiger partial charge in [0, 0.05) is 18.5 Å². The lowest BCUT2D eigenvalue weighted by molar-refractivity contribution is -0.148. The Labute approximate surface area is 101 Å². The highest BCUT2D eigenvalue weighted by Gasteiger charge is 2.50. The van der Waals surface area contributed by atoms with Gasteiger partial charge >= 0.3 is 5.97 Å². The maximum atomic E-state index is 11.9. The summed E-state index contributed by atoms with van der Waals surface area (Å²) in [7, 11) is 1.48. The second-order valence-corrected chi connectivity index (χ2v) is 5.19. The van der Waals surface area contributed by atoms with Crippen LogP contribution < -0.4 is 5.32 Å². The van der Waals surface area contributed by atoms with E-state index in [1.54, 1.807) is 0 Å². The highest BCUT2D eigenvalue weighted by atomic mass is 16.5. The minimum atomic E-state index is -0.0668. The Kier molecular flexibility index (Phi) is 2.44. The number of rotatable bonds is 1. The minimum Gasteiger partial charge on any atom is -0.469 e. The molecule has 0 amide bonds. The van der Waals surface area contributed by atoms with Gasteiger partial charge in [0.05, 0.1) is 13.0 Å². The Bertz CT molecular complexity index is 430. The lowest BCUT2D eigenvalue weighted by Gasteiger charge is -2.27. The zero-order chi connectivity index (χ0) is 11.9. The van der Waals surface area contributed by atoms with Gasteiger partial charge in [0.25, 0.3) is 0 Å². The van der Waals surface area contributed by atoms with Crippen molar-refractivity contribution < 1.29 is 9.53 Å². The average molecular weight is 231 g/mol. The Hall–Kier alpha value is -1.35. The molecule has 1 heterocycles. The van der Waals surface area contributed by atoms with E-state index in [4.69, 9.17) is 4.74 Å². The lowest BCUT2D eigenvalue weighted by atomic mass is 9.75. The van der Waals surface area contributed by atoms with Crippen molar-refractivity contribution in [2.24, 2.45) is 11.3 Å². The van der Waals surface area contributed by atoms with Crippen molar-refractivity contribution in [3.05, 3.63) is 35.4 Å². The van der Waals surface area contributed by atoms with E-state index in [9.17, 15) is 4.79 Å². The molecule has 3 nitrogen and oxygen atoms in total. The van der Waals surface area contributed by atoms with Gasteiger partial charge in [-0.05, 0) is 24.0 Å². The third kappa shape index (κ3) is 1.57. The number of hydrogen-bond acceptors (Lipinski definition) is 3. The van der Waals surface area contributed by atoms with E-state index in [-0.39, 0.29) is 17.3 Å². The number of esters is 1. The fourth-order valence-corrected chi connectivity index (χ4v) is 3.38. The maximum absolute atomic E-state index is 11.9. The Balaban J connectivity index is 1.92. The van der Waals surface area contributed by atoms with E-state index in [0.717, 1.165) is 25.9 Å². The van der Waals surface area contributed by atoms with E-state index < -0.39 is 0 Å². The first kappa shape index (κ1) is 10.8. The molecule has 1 aliphatic heterocycles. The van der Waals surface area contributed by atoms with Gasteiger partial charge in [-0.1, -0.05) is 24.3 Å². The van der Waals surface area contributed by atoms with Crippen LogP contribution in [0, 0.1) is 11.3 Å². The molecule has 3 rings (SSSR count). The van der Waals surface area contributed by atoms with Crippen molar-refractivity contribution in [3.63, 3.8) is 0 Å². The fraction of sp³-hybridized carbons (Fsp3) is 0.500. The molecule has 90 valence electrons. The van der Waals surface area contributed by atoms with Crippen LogP contribution in [0.1, 0.15) is 11.1 Å². The van der Waals surface area contributed by atoms with Crippen molar-refractivity contribution in [1.82, 2.24) is 5.32 Å². The van der Waals surface area contributed by atoms with Crippen molar-refractivity contribution in [2.75, 3.05) is 20.2 Å². The number of carbonyl (C=O) groups is 1. The molecule has 1 spiro atoms. The summed E-state index contributed by atoms with van der Waals surface area (Å²) in [5.41, 5.74) is 2.84. The molecule has 1 aliphatic carbocycles. The fourth-order valence-electron chi connectivity index (χ4n) is 3.38. The van der Waals surface area contributed by atoms with Crippen LogP contribution in [0.4, 0.5) is 0 Å². The molecule has 1 aromatic rings. The van der Waals surface area contributed by atoms with E-state index in [1.807, 2.05) is 0 Å². The molecule has 1 atom stereocenters. The first-order valence-corrected chi connectivity index (χ1v) is 6.10. The van der Waals surface area contributed by atoms with Crippen LogP contribution in [0.3, 0.4) is 0 Å². The van der Waals surface area contributed by atoms with Crippen LogP contribution in [-0.2, 0) is 22.4 Å². The predicted octanol–water partition coefficient (Wildman–Crippen LogP) is 1.16. The quantitative estimate of drug-likeness (QED) is 0.737. The smallest absolute Gasteiger partial charge is 0.310 e. The van der Waals surface area contributed by atoms with E-state index in [2.05, 4.69) is 29.6 Å². The Morgan fingerprint density at radius 3 is 2.59 bits per heavy atom. The number of fused-ring (bicyclic) bond motifs is 1. The summed E-state index contributed by atoms with van der Waals surface area (Å²) in [4.78, 5) is 11.9. The van der Waals surface area contributed by atoms with Crippen LogP contribution >= 0.6 is 0 Å². The van der Waals surface area contributed by atoms with Crippen molar-refractivity contribution >= 4 is 5.97 Å². The molecule has 0 aromatic heterocycles. The SMILES string of the molecule is COC(=O)C1CNCC12Cc1ccccc1C2. The second kappa shape index (κ2) is 3.84. The third-order valence-corrected chi connectivity index (χ3v) is 4.25. The first-order chi connectivity index (χ1) is 8.25. The summed E-state index contributed by atoms with van der Waals surface area (Å²) >= 11 is 0. The zero-order valence-electron chi connectivity index (χ0n) is 10.0. The number of nitrogens with one attached hydrogen (secondary N) is 1. The van der Waals surface area contributed by atoms with Gasteiger partial charge in [-0.2, -0.15) is 0 Å². The standard InChI is InChI=1S/C14H17NO2/c1-17-13(16)12-8-15-9-14(12)6-10-4-2-3-5-11(10)7-14/h2-5,12,15H,6-9H2,1H3. The van der Waals surface area contributed by atoms with Crippen LogP contribution in [0.2, 0.25) is 0 Å². The molecule has 1 fully saturated rings. The van der Waals surface area contributed by atoms with Gasteiger partial charge in [-0.15, -0.1) is 0 Å². The molecule has 0 saturated carbocycles. The largest absolute Gasteiger partial charge is 0.469 e. The lowest BCUT2D eigenvalue weighted by Crippen LogP contribution is -2.36. The number of ether oxygens (including phenoxy) is 1. The van der Waals surface area contributed by atoms with Crippen LogP contribution in [-0.4, -0.2) is 26.2 Å². The average Bonchev–Trinajstić information content (AvgIpc) is 2.92. The molecule has 0 radical (unpaired) electrons. The highest BCUT2D eigenvalue weighted by Crippen LogP contribution is 2.45. The molecule has 17 heavy (non-hydrogen) atoms. The summed E-state index contributed by atoms with van der Waals surface area (Å²) in [6, 6.07) is 8.51. The molecule has 2 aliphatic rings. The molecule has 1 unspecified atom stereocenters. The Morgan fingerprint density at radius 1 is 1.35 bits per heavy atom. The van der Waals surface area contributed by atoms with Gasteiger partial charge in [-0.3, -0.25) is 4.79 Å². The normalized spacial score (nSPS) is 24.9. The topological polar surface area (TPSA) is 38.3 Å². The van der Waals surface area contributed by atoms with Crippen LogP contribution in [0.15, 0.2) is 24.3 Å². The van der Waals surface area contributed by atoms with Gasteiger partial charge in [0.15, 0.2) is 0 Å². The third-order valence-electron chi connectivity index (χ3n) is 4.25. The molecular formula is C14H17NO2. The van der Waals surface area contributed by atoms with Gasteiger partial charge in [-0.25, -0.2) is 0 Å². The number of hydrogen-bond donors (Lipinski definition) is 1. The predicted molar refractivity (Wildman–Crippen MR) is 64.7 cm³/mol. The van der Waals surface area contributed by atoms with E-state index in [1.165, 1.54) is 18.2 Å². The van der Waals surface area contributed by atoms with Crippen LogP contribution in [0.25, 0.3) is 0 Å². The number of carbonyl (C=O) groups excluding carboxylic acids is 1. The second-order valence-electron chi connectivity index (χ2n) is 5.19. The summed E-state index contributed by atoms with van der Waals surface area (Å²) in [5, 5.41) is 3.35. The minimum absolute atomic E-state index is 0.0000926. The summed E-state index contributed by atoms with van der Waals surface area (Å²) in [5.74, 6) is -0.0669. The molecule has 1 N–H and O–H groups in total. The van der Waals surface area contributed by atoms with E-state index >= 15 is 0 Å².